The van der Waals surface area contributed by atoms with Crippen molar-refractivity contribution in [1.82, 2.24) is 9.80 Å². The molecule has 0 aromatic heterocycles. The molecular formula is C28H34ClN3O6. The van der Waals surface area contributed by atoms with E-state index in [1.165, 1.54) is 0 Å². The maximum absolute atomic E-state index is 13.1. The smallest absolute Gasteiger partial charge is 0.344 e. The van der Waals surface area contributed by atoms with Crippen LogP contribution in [-0.2, 0) is 14.3 Å². The minimum Gasteiger partial charge on any atom is -0.497 e. The number of esters is 1. The summed E-state index contributed by atoms with van der Waals surface area (Å²) in [6, 6.07) is 13.0. The van der Waals surface area contributed by atoms with E-state index < -0.39 is 24.0 Å². The van der Waals surface area contributed by atoms with Crippen molar-refractivity contribution in [2.24, 2.45) is 10.9 Å². The van der Waals surface area contributed by atoms with Gasteiger partial charge in [0.25, 0.3) is 5.91 Å². The molecular weight excluding hydrogens is 510 g/mol. The van der Waals surface area contributed by atoms with Crippen LogP contribution in [0.2, 0.25) is 5.02 Å². The third kappa shape index (κ3) is 7.47. The fourth-order valence-corrected chi connectivity index (χ4v) is 4.46. The first kappa shape index (κ1) is 29.0. The molecule has 3 rings (SSSR count). The van der Waals surface area contributed by atoms with Crippen molar-refractivity contribution in [2.75, 3.05) is 33.9 Å². The van der Waals surface area contributed by atoms with E-state index >= 15 is 0 Å². The van der Waals surface area contributed by atoms with Crippen LogP contribution in [0.15, 0.2) is 53.5 Å². The highest BCUT2D eigenvalue weighted by Gasteiger charge is 2.43. The lowest BCUT2D eigenvalue weighted by molar-refractivity contribution is -0.151. The summed E-state index contributed by atoms with van der Waals surface area (Å²) in [5.41, 5.74) is 1.10. The SMILES string of the molecule is COc1cccc(OCC(=O)N(C)CCCN2C(=O)N=C(C)C(C(=O)OC(C)C)C2c2cccc(Cl)c2)c1. The molecule has 0 N–H and O–H groups in total. The maximum atomic E-state index is 13.1. The van der Waals surface area contributed by atoms with Gasteiger partial charge in [-0.15, -0.1) is 0 Å². The zero-order valence-corrected chi connectivity index (χ0v) is 23.1. The number of methoxy groups -OCH3 is 1. The van der Waals surface area contributed by atoms with Crippen molar-refractivity contribution in [2.45, 2.75) is 39.3 Å². The molecule has 204 valence electrons. The van der Waals surface area contributed by atoms with Crippen molar-refractivity contribution in [3.63, 3.8) is 0 Å². The Kier molecular flexibility index (Phi) is 10.1. The Balaban J connectivity index is 1.69. The molecule has 0 saturated heterocycles. The Hall–Kier alpha value is -3.59. The molecule has 1 aliphatic heterocycles. The molecule has 0 spiro atoms. The van der Waals surface area contributed by atoms with Crippen LogP contribution in [0.3, 0.4) is 0 Å². The van der Waals surface area contributed by atoms with E-state index in [4.69, 9.17) is 25.8 Å². The third-order valence-electron chi connectivity index (χ3n) is 6.14. The molecule has 2 aromatic rings. The third-order valence-corrected chi connectivity index (χ3v) is 6.37. The average Bonchev–Trinajstić information content (AvgIpc) is 2.87. The predicted molar refractivity (Wildman–Crippen MR) is 145 cm³/mol. The van der Waals surface area contributed by atoms with Gasteiger partial charge in [0.05, 0.1) is 19.3 Å². The molecule has 0 saturated carbocycles. The molecule has 9 nitrogen and oxygen atoms in total. The number of carbonyl (C=O) groups is 3. The highest BCUT2D eigenvalue weighted by atomic mass is 35.5. The molecule has 0 radical (unpaired) electrons. The molecule has 10 heteroatoms. The van der Waals surface area contributed by atoms with Crippen LogP contribution in [0, 0.1) is 5.92 Å². The quantitative estimate of drug-likeness (QED) is 0.378. The van der Waals surface area contributed by atoms with E-state index in [-0.39, 0.29) is 25.2 Å². The fraction of sp³-hybridized carbons (Fsp3) is 0.429. The lowest BCUT2D eigenvalue weighted by atomic mass is 9.86. The van der Waals surface area contributed by atoms with Gasteiger partial charge in [0.15, 0.2) is 6.61 Å². The van der Waals surface area contributed by atoms with Gasteiger partial charge >= 0.3 is 12.0 Å². The highest BCUT2D eigenvalue weighted by molar-refractivity contribution is 6.30. The maximum Gasteiger partial charge on any atom is 0.344 e. The first-order valence-corrected chi connectivity index (χ1v) is 12.8. The Labute approximate surface area is 228 Å². The summed E-state index contributed by atoms with van der Waals surface area (Å²) in [7, 11) is 3.24. The van der Waals surface area contributed by atoms with Crippen LogP contribution in [0.4, 0.5) is 4.79 Å². The standard InChI is InChI=1S/C28H34ClN3O6/c1-18(2)38-27(34)25-19(3)30-28(35)32(26(25)20-9-6-10-21(29)15-20)14-8-13-31(4)24(33)17-37-23-12-7-11-22(16-23)36-5/h6-7,9-12,15-16,18,25-26H,8,13-14,17H2,1-5H3. The minimum absolute atomic E-state index is 0.135. The number of likely N-dealkylation sites (N-methyl/N-ethyl adjacent to an activating group) is 1. The number of amides is 3. The second-order valence-corrected chi connectivity index (χ2v) is 9.77. The van der Waals surface area contributed by atoms with Gasteiger partial charge in [-0.2, -0.15) is 0 Å². The molecule has 1 heterocycles. The number of halogens is 1. The van der Waals surface area contributed by atoms with Gasteiger partial charge < -0.3 is 24.0 Å². The van der Waals surface area contributed by atoms with Crippen molar-refractivity contribution < 1.29 is 28.6 Å². The molecule has 3 amide bonds. The first-order valence-electron chi connectivity index (χ1n) is 12.4. The van der Waals surface area contributed by atoms with Crippen LogP contribution in [0.5, 0.6) is 11.5 Å². The van der Waals surface area contributed by atoms with Crippen LogP contribution in [0.25, 0.3) is 0 Å². The molecule has 1 aliphatic rings. The van der Waals surface area contributed by atoms with E-state index in [0.29, 0.717) is 40.8 Å². The molecule has 2 unspecified atom stereocenters. The lowest BCUT2D eigenvalue weighted by Gasteiger charge is -2.39. The average molecular weight is 544 g/mol. The number of rotatable bonds is 11. The van der Waals surface area contributed by atoms with Gasteiger partial charge in [0, 0.05) is 36.9 Å². The Morgan fingerprint density at radius 2 is 1.84 bits per heavy atom. The minimum atomic E-state index is -0.774. The fourth-order valence-electron chi connectivity index (χ4n) is 4.26. The van der Waals surface area contributed by atoms with Gasteiger partial charge in [-0.1, -0.05) is 29.8 Å². The van der Waals surface area contributed by atoms with Gasteiger partial charge in [-0.3, -0.25) is 9.59 Å². The van der Waals surface area contributed by atoms with E-state index in [2.05, 4.69) is 4.99 Å². The molecule has 0 fully saturated rings. The number of nitrogens with zero attached hydrogens (tertiary/aromatic N) is 3. The number of urea groups is 1. The van der Waals surface area contributed by atoms with Crippen LogP contribution in [-0.4, -0.2) is 73.4 Å². The topological polar surface area (TPSA) is 97.7 Å². The van der Waals surface area contributed by atoms with Crippen molar-refractivity contribution in [3.8, 4) is 11.5 Å². The monoisotopic (exact) mass is 543 g/mol. The summed E-state index contributed by atoms with van der Waals surface area (Å²) < 4.78 is 16.3. The summed E-state index contributed by atoms with van der Waals surface area (Å²) in [6.45, 7) is 5.71. The zero-order chi connectivity index (χ0) is 27.8. The second-order valence-electron chi connectivity index (χ2n) is 9.33. The zero-order valence-electron chi connectivity index (χ0n) is 22.3. The van der Waals surface area contributed by atoms with Gasteiger partial charge in [0.1, 0.15) is 17.4 Å². The first-order chi connectivity index (χ1) is 18.1. The van der Waals surface area contributed by atoms with Crippen LogP contribution in [0.1, 0.15) is 38.8 Å². The molecule has 0 aliphatic carbocycles. The largest absolute Gasteiger partial charge is 0.497 e. The Morgan fingerprint density at radius 1 is 1.13 bits per heavy atom. The second kappa shape index (κ2) is 13.3. The summed E-state index contributed by atoms with van der Waals surface area (Å²) in [5, 5.41) is 0.493. The Bertz CT molecular complexity index is 1180. The highest BCUT2D eigenvalue weighted by Crippen LogP contribution is 2.36. The summed E-state index contributed by atoms with van der Waals surface area (Å²) in [4.78, 5) is 46.0. The van der Waals surface area contributed by atoms with E-state index in [9.17, 15) is 14.4 Å². The molecule has 2 atom stereocenters. The van der Waals surface area contributed by atoms with E-state index in [1.807, 2.05) is 6.07 Å². The van der Waals surface area contributed by atoms with Crippen molar-refractivity contribution in [3.05, 3.63) is 59.1 Å². The van der Waals surface area contributed by atoms with E-state index in [1.54, 1.807) is 87.2 Å². The lowest BCUT2D eigenvalue weighted by Crippen LogP contribution is -2.48. The summed E-state index contributed by atoms with van der Waals surface area (Å²) in [5.74, 6) is -0.273. The number of hydrogen-bond acceptors (Lipinski definition) is 6. The number of hydrogen-bond donors (Lipinski definition) is 0. The number of benzene rings is 2. The predicted octanol–water partition coefficient (Wildman–Crippen LogP) is 4.78. The van der Waals surface area contributed by atoms with Crippen molar-refractivity contribution >= 4 is 35.2 Å². The molecule has 0 bridgehead atoms. The van der Waals surface area contributed by atoms with Crippen LogP contribution >= 0.6 is 11.6 Å². The molecule has 38 heavy (non-hydrogen) atoms. The number of ether oxygens (including phenoxy) is 3. The van der Waals surface area contributed by atoms with E-state index in [0.717, 1.165) is 0 Å². The van der Waals surface area contributed by atoms with Gasteiger partial charge in [0.2, 0.25) is 0 Å². The summed E-state index contributed by atoms with van der Waals surface area (Å²) >= 11 is 6.25. The van der Waals surface area contributed by atoms with Crippen LogP contribution < -0.4 is 9.47 Å². The van der Waals surface area contributed by atoms with Gasteiger partial charge in [-0.25, -0.2) is 9.79 Å². The summed E-state index contributed by atoms with van der Waals surface area (Å²) in [6.07, 6.45) is 0.144. The Morgan fingerprint density at radius 3 is 2.53 bits per heavy atom. The normalized spacial score (nSPS) is 17.2. The number of aliphatic imine (C=N–C) groups is 1. The molecule has 2 aromatic carbocycles. The van der Waals surface area contributed by atoms with Gasteiger partial charge in [-0.05, 0) is 57.0 Å². The number of carbonyl (C=O) groups excluding carboxylic acids is 3. The van der Waals surface area contributed by atoms with Crippen molar-refractivity contribution in [1.29, 1.82) is 0 Å².